The molecule has 1 aromatic heterocycles. The normalized spacial score (nSPS) is 28.1. The lowest BCUT2D eigenvalue weighted by atomic mass is 10.1. The Balaban J connectivity index is 2.22. The number of nitrogens with zero attached hydrogens (tertiary/aromatic N) is 1. The van der Waals surface area contributed by atoms with E-state index in [4.69, 9.17) is 5.73 Å². The molecule has 12 heavy (non-hydrogen) atoms. The van der Waals surface area contributed by atoms with Crippen molar-refractivity contribution in [3.63, 3.8) is 0 Å². The molecule has 5 heteroatoms. The van der Waals surface area contributed by atoms with E-state index in [0.29, 0.717) is 5.82 Å². The third kappa shape index (κ3) is 1.18. The summed E-state index contributed by atoms with van der Waals surface area (Å²) in [5.74, 6) is 0.836. The van der Waals surface area contributed by atoms with Gasteiger partial charge < -0.3 is 5.73 Å². The van der Waals surface area contributed by atoms with Crippen molar-refractivity contribution in [2.45, 2.75) is 18.4 Å². The van der Waals surface area contributed by atoms with Gasteiger partial charge in [-0.2, -0.15) is 5.10 Å². The number of allylic oxidation sites excluding steroid dienone is 1. The van der Waals surface area contributed by atoms with Gasteiger partial charge in [0.25, 0.3) is 0 Å². The smallest absolute Gasteiger partial charge is 0.324 e. The van der Waals surface area contributed by atoms with Gasteiger partial charge in [0.05, 0.1) is 0 Å². The standard InChI is InChI=1S/C7H10N4O/c8-5-2-1-4(3-5)6-9-7(12)11-10-6/h1-2,4-5H,3,8H2,(H2,9,10,11,12). The van der Waals surface area contributed by atoms with Gasteiger partial charge in [-0.15, -0.1) is 0 Å². The molecule has 0 bridgehead atoms. The van der Waals surface area contributed by atoms with Crippen molar-refractivity contribution >= 4 is 0 Å². The summed E-state index contributed by atoms with van der Waals surface area (Å²) >= 11 is 0. The van der Waals surface area contributed by atoms with Crippen LogP contribution in [0.2, 0.25) is 0 Å². The predicted octanol–water partition coefficient (Wildman–Crippen LogP) is -0.531. The van der Waals surface area contributed by atoms with Crippen molar-refractivity contribution in [3.8, 4) is 0 Å². The summed E-state index contributed by atoms with van der Waals surface area (Å²) in [6.45, 7) is 0. The van der Waals surface area contributed by atoms with Crippen LogP contribution in [0.1, 0.15) is 18.2 Å². The van der Waals surface area contributed by atoms with E-state index in [0.717, 1.165) is 6.42 Å². The average Bonchev–Trinajstić information content (AvgIpc) is 2.58. The van der Waals surface area contributed by atoms with E-state index in [2.05, 4.69) is 15.2 Å². The molecule has 2 unspecified atom stereocenters. The molecule has 0 saturated heterocycles. The van der Waals surface area contributed by atoms with Crippen LogP contribution in [0.5, 0.6) is 0 Å². The van der Waals surface area contributed by atoms with Crippen molar-refractivity contribution in [2.24, 2.45) is 5.73 Å². The number of H-pyrrole nitrogens is 2. The Kier molecular flexibility index (Phi) is 1.58. The maximum absolute atomic E-state index is 10.7. The summed E-state index contributed by atoms with van der Waals surface area (Å²) in [5.41, 5.74) is 5.39. The number of aromatic amines is 2. The van der Waals surface area contributed by atoms with Gasteiger partial charge in [0.1, 0.15) is 5.82 Å². The average molecular weight is 166 g/mol. The first-order valence-corrected chi connectivity index (χ1v) is 3.84. The highest BCUT2D eigenvalue weighted by atomic mass is 16.1. The van der Waals surface area contributed by atoms with Crippen LogP contribution in [0.25, 0.3) is 0 Å². The van der Waals surface area contributed by atoms with Crippen LogP contribution < -0.4 is 11.4 Å². The summed E-state index contributed by atoms with van der Waals surface area (Å²) < 4.78 is 0. The Hall–Kier alpha value is -1.36. The van der Waals surface area contributed by atoms with Crippen LogP contribution in [0.3, 0.4) is 0 Å². The first kappa shape index (κ1) is 7.30. The number of rotatable bonds is 1. The molecule has 2 rings (SSSR count). The minimum atomic E-state index is -0.265. The third-order valence-corrected chi connectivity index (χ3v) is 1.99. The summed E-state index contributed by atoms with van der Waals surface area (Å²) in [6, 6.07) is 0.0928. The van der Waals surface area contributed by atoms with E-state index in [1.807, 2.05) is 12.2 Å². The molecule has 0 amide bonds. The highest BCUT2D eigenvalue weighted by molar-refractivity contribution is 5.15. The summed E-state index contributed by atoms with van der Waals surface area (Å²) in [4.78, 5) is 13.3. The van der Waals surface area contributed by atoms with Gasteiger partial charge in [-0.25, -0.2) is 9.89 Å². The van der Waals surface area contributed by atoms with Crippen LogP contribution >= 0.6 is 0 Å². The maximum Gasteiger partial charge on any atom is 0.340 e. The predicted molar refractivity (Wildman–Crippen MR) is 43.7 cm³/mol. The Morgan fingerprint density at radius 1 is 1.58 bits per heavy atom. The topological polar surface area (TPSA) is 87.6 Å². The molecule has 0 aromatic carbocycles. The van der Waals surface area contributed by atoms with E-state index < -0.39 is 0 Å². The molecule has 0 aliphatic heterocycles. The number of hydrogen-bond donors (Lipinski definition) is 3. The van der Waals surface area contributed by atoms with Gasteiger partial charge in [-0.3, -0.25) is 4.98 Å². The SMILES string of the molecule is NC1C=CC(c2n[nH]c(=O)[nH]2)C1. The van der Waals surface area contributed by atoms with Crippen molar-refractivity contribution in [1.29, 1.82) is 0 Å². The Bertz CT molecular complexity index is 350. The first-order valence-electron chi connectivity index (χ1n) is 3.84. The minimum Gasteiger partial charge on any atom is -0.324 e. The van der Waals surface area contributed by atoms with E-state index in [9.17, 15) is 4.79 Å². The Morgan fingerprint density at radius 2 is 2.42 bits per heavy atom. The number of nitrogens with one attached hydrogen (secondary N) is 2. The Morgan fingerprint density at radius 3 is 2.92 bits per heavy atom. The van der Waals surface area contributed by atoms with Crippen LogP contribution in [0, 0.1) is 0 Å². The summed E-state index contributed by atoms with van der Waals surface area (Å²) in [5, 5.41) is 6.16. The monoisotopic (exact) mass is 166 g/mol. The lowest BCUT2D eigenvalue weighted by Gasteiger charge is -2.03. The molecule has 0 saturated carbocycles. The van der Waals surface area contributed by atoms with Gasteiger partial charge >= 0.3 is 5.69 Å². The molecular formula is C7H10N4O. The zero-order chi connectivity index (χ0) is 8.55. The van der Waals surface area contributed by atoms with Gasteiger partial charge in [-0.1, -0.05) is 12.2 Å². The largest absolute Gasteiger partial charge is 0.340 e. The molecule has 0 spiro atoms. The van der Waals surface area contributed by atoms with Crippen molar-refractivity contribution in [1.82, 2.24) is 15.2 Å². The minimum absolute atomic E-state index is 0.0928. The summed E-state index contributed by atoms with van der Waals surface area (Å²) in [7, 11) is 0. The number of hydrogen-bond acceptors (Lipinski definition) is 3. The van der Waals surface area contributed by atoms with Crippen molar-refractivity contribution in [3.05, 3.63) is 28.5 Å². The molecule has 0 radical (unpaired) electrons. The van der Waals surface area contributed by atoms with Crippen LogP contribution in [0.4, 0.5) is 0 Å². The lowest BCUT2D eigenvalue weighted by molar-refractivity contribution is 0.679. The zero-order valence-corrected chi connectivity index (χ0v) is 6.45. The van der Waals surface area contributed by atoms with Gasteiger partial charge in [0.2, 0.25) is 0 Å². The highest BCUT2D eigenvalue weighted by Gasteiger charge is 2.19. The van der Waals surface area contributed by atoms with Crippen LogP contribution in [-0.2, 0) is 0 Å². The fourth-order valence-electron chi connectivity index (χ4n) is 1.39. The second-order valence-corrected chi connectivity index (χ2v) is 2.95. The quantitative estimate of drug-likeness (QED) is 0.490. The molecule has 5 nitrogen and oxygen atoms in total. The molecule has 1 heterocycles. The van der Waals surface area contributed by atoms with Crippen molar-refractivity contribution in [2.75, 3.05) is 0 Å². The fourth-order valence-corrected chi connectivity index (χ4v) is 1.39. The van der Waals surface area contributed by atoms with Crippen LogP contribution in [-0.4, -0.2) is 21.2 Å². The second kappa shape index (κ2) is 2.60. The van der Waals surface area contributed by atoms with Gasteiger partial charge in [0.15, 0.2) is 0 Å². The molecule has 1 aliphatic carbocycles. The molecule has 64 valence electrons. The van der Waals surface area contributed by atoms with E-state index >= 15 is 0 Å². The Labute approximate surface area is 68.7 Å². The zero-order valence-electron chi connectivity index (χ0n) is 6.45. The second-order valence-electron chi connectivity index (χ2n) is 2.95. The van der Waals surface area contributed by atoms with Gasteiger partial charge in [-0.05, 0) is 6.42 Å². The molecular weight excluding hydrogens is 156 g/mol. The molecule has 4 N–H and O–H groups in total. The van der Waals surface area contributed by atoms with Gasteiger partial charge in [0, 0.05) is 12.0 Å². The number of nitrogens with two attached hydrogens (primary N) is 1. The molecule has 1 aromatic rings. The fraction of sp³-hybridized carbons (Fsp3) is 0.429. The van der Waals surface area contributed by atoms with Crippen LogP contribution in [0.15, 0.2) is 16.9 Å². The molecule has 0 fully saturated rings. The number of aromatic nitrogens is 3. The lowest BCUT2D eigenvalue weighted by Crippen LogP contribution is -2.14. The van der Waals surface area contributed by atoms with E-state index in [1.54, 1.807) is 0 Å². The first-order chi connectivity index (χ1) is 5.75. The van der Waals surface area contributed by atoms with E-state index in [-0.39, 0.29) is 17.6 Å². The molecule has 1 aliphatic rings. The molecule has 2 atom stereocenters. The van der Waals surface area contributed by atoms with Crippen molar-refractivity contribution < 1.29 is 0 Å². The highest BCUT2D eigenvalue weighted by Crippen LogP contribution is 2.23. The third-order valence-electron chi connectivity index (χ3n) is 1.99. The summed E-state index contributed by atoms with van der Waals surface area (Å²) in [6.07, 6.45) is 4.72. The maximum atomic E-state index is 10.7. The van der Waals surface area contributed by atoms with E-state index in [1.165, 1.54) is 0 Å².